The maximum absolute atomic E-state index is 11.8. The average molecular weight is 275 g/mol. The van der Waals surface area contributed by atoms with Crippen molar-refractivity contribution in [3.05, 3.63) is 64.8 Å². The molecule has 2 atom stereocenters. The van der Waals surface area contributed by atoms with Crippen molar-refractivity contribution in [1.82, 2.24) is 0 Å². The Kier molecular flexibility index (Phi) is 3.84. The van der Waals surface area contributed by atoms with Crippen LogP contribution in [0.2, 0.25) is 0 Å². The lowest BCUT2D eigenvalue weighted by Gasteiger charge is -2.28. The summed E-state index contributed by atoms with van der Waals surface area (Å²) in [5.41, 5.74) is -2.00. The van der Waals surface area contributed by atoms with Crippen LogP contribution in [0.15, 0.2) is 54.6 Å². The Hall–Kier alpha value is -2.63. The predicted molar refractivity (Wildman–Crippen MR) is 70.6 cm³/mol. The van der Waals surface area contributed by atoms with Crippen LogP contribution in [-0.2, 0) is 9.53 Å². The Labute approximate surface area is 115 Å². The number of carbonyl (C=O) groups excluding carboxylic acids is 1. The van der Waals surface area contributed by atoms with Crippen LogP contribution in [0.3, 0.4) is 0 Å². The maximum Gasteiger partial charge on any atom is 0.400 e. The standard InChI is InChI=1S/C14H13NO5/c1-19-13(16)12-9-5-6-10-14(12,15(17)18)20-11-7-3-2-4-8-11/h2-10,12H,1H3. The Morgan fingerprint density at radius 2 is 2.00 bits per heavy atom. The Morgan fingerprint density at radius 3 is 2.60 bits per heavy atom. The van der Waals surface area contributed by atoms with Gasteiger partial charge in [-0.15, -0.1) is 0 Å². The minimum absolute atomic E-state index is 0.304. The Bertz CT molecular complexity index is 566. The highest BCUT2D eigenvalue weighted by atomic mass is 16.7. The van der Waals surface area contributed by atoms with Gasteiger partial charge in [0.2, 0.25) is 0 Å². The molecule has 2 rings (SSSR count). The predicted octanol–water partition coefficient (Wildman–Crippen LogP) is 1.95. The smallest absolute Gasteiger partial charge is 0.400 e. The van der Waals surface area contributed by atoms with E-state index in [1.54, 1.807) is 36.4 Å². The zero-order chi connectivity index (χ0) is 14.6. The number of allylic oxidation sites excluding steroid dienone is 2. The van der Waals surface area contributed by atoms with Crippen LogP contribution in [-0.4, -0.2) is 23.7 Å². The number of esters is 1. The first kappa shape index (κ1) is 13.8. The number of nitrogens with zero attached hydrogens (tertiary/aromatic N) is 1. The van der Waals surface area contributed by atoms with Gasteiger partial charge in [-0.05, 0) is 12.1 Å². The fourth-order valence-corrected chi connectivity index (χ4v) is 1.97. The lowest BCUT2D eigenvalue weighted by atomic mass is 9.91. The minimum Gasteiger partial charge on any atom is -0.468 e. The highest BCUT2D eigenvalue weighted by Gasteiger charge is 2.55. The molecule has 0 heterocycles. The quantitative estimate of drug-likeness (QED) is 0.363. The number of rotatable bonds is 4. The third kappa shape index (κ3) is 2.40. The van der Waals surface area contributed by atoms with Crippen molar-refractivity contribution in [1.29, 1.82) is 0 Å². The van der Waals surface area contributed by atoms with Crippen LogP contribution in [0.5, 0.6) is 5.75 Å². The molecule has 0 N–H and O–H groups in total. The molecule has 6 nitrogen and oxygen atoms in total. The molecule has 20 heavy (non-hydrogen) atoms. The second-order valence-corrected chi connectivity index (χ2v) is 4.17. The van der Waals surface area contributed by atoms with Gasteiger partial charge in [-0.25, -0.2) is 0 Å². The van der Waals surface area contributed by atoms with Crippen molar-refractivity contribution >= 4 is 5.97 Å². The molecule has 0 bridgehead atoms. The normalized spacial score (nSPS) is 24.1. The van der Waals surface area contributed by atoms with E-state index >= 15 is 0 Å². The van der Waals surface area contributed by atoms with Crippen molar-refractivity contribution in [2.45, 2.75) is 5.72 Å². The van der Waals surface area contributed by atoms with Gasteiger partial charge in [-0.1, -0.05) is 36.4 Å². The first-order valence-electron chi connectivity index (χ1n) is 5.92. The fourth-order valence-electron chi connectivity index (χ4n) is 1.97. The molecule has 1 aliphatic rings. The van der Waals surface area contributed by atoms with Gasteiger partial charge in [0.1, 0.15) is 5.75 Å². The zero-order valence-electron chi connectivity index (χ0n) is 10.8. The van der Waals surface area contributed by atoms with E-state index in [0.717, 1.165) is 0 Å². The molecule has 0 fully saturated rings. The topological polar surface area (TPSA) is 78.7 Å². The van der Waals surface area contributed by atoms with E-state index in [0.29, 0.717) is 5.75 Å². The zero-order valence-corrected chi connectivity index (χ0v) is 10.8. The molecule has 1 aromatic rings. The van der Waals surface area contributed by atoms with Crippen molar-refractivity contribution < 1.29 is 19.2 Å². The third-order valence-electron chi connectivity index (χ3n) is 2.96. The van der Waals surface area contributed by atoms with Gasteiger partial charge in [0.25, 0.3) is 0 Å². The van der Waals surface area contributed by atoms with Crippen molar-refractivity contribution in [3.63, 3.8) is 0 Å². The average Bonchev–Trinajstić information content (AvgIpc) is 2.48. The molecule has 2 unspecified atom stereocenters. The van der Waals surface area contributed by atoms with E-state index in [4.69, 9.17) is 4.74 Å². The summed E-state index contributed by atoms with van der Waals surface area (Å²) >= 11 is 0. The Morgan fingerprint density at radius 1 is 1.30 bits per heavy atom. The van der Waals surface area contributed by atoms with Gasteiger partial charge in [-0.2, -0.15) is 0 Å². The Balaban J connectivity index is 2.42. The molecular formula is C14H13NO5. The van der Waals surface area contributed by atoms with Gasteiger partial charge in [0.05, 0.1) is 12.0 Å². The van der Waals surface area contributed by atoms with Gasteiger partial charge in [0.15, 0.2) is 5.92 Å². The summed E-state index contributed by atoms with van der Waals surface area (Å²) in [6.07, 6.45) is 5.68. The second kappa shape index (κ2) is 5.56. The summed E-state index contributed by atoms with van der Waals surface area (Å²) in [5.74, 6) is -1.57. The van der Waals surface area contributed by atoms with Crippen LogP contribution in [0.4, 0.5) is 0 Å². The van der Waals surface area contributed by atoms with Crippen LogP contribution in [0, 0.1) is 16.0 Å². The highest BCUT2D eigenvalue weighted by Crippen LogP contribution is 2.32. The van der Waals surface area contributed by atoms with Crippen LogP contribution in [0.25, 0.3) is 0 Å². The van der Waals surface area contributed by atoms with Crippen molar-refractivity contribution in [2.24, 2.45) is 5.92 Å². The van der Waals surface area contributed by atoms with E-state index in [1.165, 1.54) is 25.3 Å². The van der Waals surface area contributed by atoms with Gasteiger partial charge in [0, 0.05) is 6.08 Å². The van der Waals surface area contributed by atoms with Gasteiger partial charge >= 0.3 is 11.7 Å². The van der Waals surface area contributed by atoms with Crippen molar-refractivity contribution in [2.75, 3.05) is 7.11 Å². The number of para-hydroxylation sites is 1. The van der Waals surface area contributed by atoms with E-state index < -0.39 is 22.5 Å². The van der Waals surface area contributed by atoms with Gasteiger partial charge < -0.3 is 9.47 Å². The monoisotopic (exact) mass is 275 g/mol. The summed E-state index contributed by atoms with van der Waals surface area (Å²) in [5, 5.41) is 11.5. The van der Waals surface area contributed by atoms with E-state index in [1.807, 2.05) is 0 Å². The van der Waals surface area contributed by atoms with Crippen molar-refractivity contribution in [3.8, 4) is 5.75 Å². The number of benzene rings is 1. The largest absolute Gasteiger partial charge is 0.468 e. The highest BCUT2D eigenvalue weighted by molar-refractivity contribution is 5.76. The summed E-state index contributed by atoms with van der Waals surface area (Å²) in [6, 6.07) is 8.33. The SMILES string of the molecule is COC(=O)C1C=CC=CC1(Oc1ccccc1)[N+](=O)[O-]. The van der Waals surface area contributed by atoms with Crippen LogP contribution >= 0.6 is 0 Å². The molecule has 104 valence electrons. The first-order chi connectivity index (χ1) is 9.60. The molecule has 0 amide bonds. The second-order valence-electron chi connectivity index (χ2n) is 4.17. The molecule has 0 aromatic heterocycles. The first-order valence-corrected chi connectivity index (χ1v) is 5.92. The number of ether oxygens (including phenoxy) is 2. The molecule has 0 aliphatic heterocycles. The van der Waals surface area contributed by atoms with Crippen LogP contribution < -0.4 is 4.74 Å². The molecule has 1 aliphatic carbocycles. The summed E-state index contributed by atoms with van der Waals surface area (Å²) in [7, 11) is 1.18. The number of carbonyl (C=O) groups is 1. The molecule has 0 saturated heterocycles. The van der Waals surface area contributed by atoms with E-state index in [9.17, 15) is 14.9 Å². The lowest BCUT2D eigenvalue weighted by molar-refractivity contribution is -0.605. The summed E-state index contributed by atoms with van der Waals surface area (Å²) in [6.45, 7) is 0. The van der Waals surface area contributed by atoms with Crippen LogP contribution in [0.1, 0.15) is 0 Å². The lowest BCUT2D eigenvalue weighted by Crippen LogP contribution is -2.52. The number of hydrogen-bond acceptors (Lipinski definition) is 5. The molecule has 1 aromatic carbocycles. The number of hydrogen-bond donors (Lipinski definition) is 0. The molecular weight excluding hydrogens is 262 g/mol. The van der Waals surface area contributed by atoms with E-state index in [-0.39, 0.29) is 0 Å². The van der Waals surface area contributed by atoms with E-state index in [2.05, 4.69) is 4.74 Å². The maximum atomic E-state index is 11.8. The van der Waals surface area contributed by atoms with Gasteiger partial charge in [-0.3, -0.25) is 14.9 Å². The molecule has 0 radical (unpaired) electrons. The molecule has 0 spiro atoms. The molecule has 0 saturated carbocycles. The minimum atomic E-state index is -2.00. The fraction of sp³-hybridized carbons (Fsp3) is 0.214. The summed E-state index contributed by atoms with van der Waals surface area (Å²) in [4.78, 5) is 22.7. The third-order valence-corrected chi connectivity index (χ3v) is 2.96. The molecule has 6 heteroatoms. The number of nitro groups is 1. The number of methoxy groups -OCH3 is 1. The summed E-state index contributed by atoms with van der Waals surface area (Å²) < 4.78 is 10.1.